The summed E-state index contributed by atoms with van der Waals surface area (Å²) < 4.78 is 23.5. The topological polar surface area (TPSA) is 34.1 Å². The quantitative estimate of drug-likeness (QED) is 0.550. The summed E-state index contributed by atoms with van der Waals surface area (Å²) in [5, 5.41) is 1.59. The molecule has 0 unspecified atom stereocenters. The first-order valence-electron chi connectivity index (χ1n) is 5.89. The van der Waals surface area contributed by atoms with E-state index >= 15 is 0 Å². The van der Waals surface area contributed by atoms with E-state index in [9.17, 15) is 8.42 Å². The van der Waals surface area contributed by atoms with Gasteiger partial charge in [-0.25, -0.2) is 8.42 Å². The molecule has 0 atom stereocenters. The van der Waals surface area contributed by atoms with Crippen LogP contribution >= 0.6 is 47.8 Å². The molecule has 0 saturated heterocycles. The number of sulfone groups is 1. The number of alkyl halides is 2. The van der Waals surface area contributed by atoms with E-state index < -0.39 is 9.84 Å². The average molecular weight is 477 g/mol. The Kier molecular flexibility index (Phi) is 7.04. The second-order valence-corrected chi connectivity index (χ2v) is 9.09. The molecule has 1 aromatic carbocycles. The summed E-state index contributed by atoms with van der Waals surface area (Å²) in [5.41, 5.74) is 1.14. The van der Waals surface area contributed by atoms with Gasteiger partial charge in [0.1, 0.15) is 9.84 Å². The maximum atomic E-state index is 11.3. The van der Waals surface area contributed by atoms with Crippen molar-refractivity contribution in [2.24, 2.45) is 0 Å². The van der Waals surface area contributed by atoms with Gasteiger partial charge in [0.15, 0.2) is 0 Å². The molecule has 108 valence electrons. The molecule has 0 saturated carbocycles. The lowest BCUT2D eigenvalue weighted by atomic mass is 9.80. The molecular formula is C13H17Br3O2S. The molecular weight excluding hydrogens is 460 g/mol. The van der Waals surface area contributed by atoms with Gasteiger partial charge in [-0.3, -0.25) is 0 Å². The second kappa shape index (κ2) is 7.57. The van der Waals surface area contributed by atoms with Crippen LogP contribution in [-0.4, -0.2) is 31.1 Å². The van der Waals surface area contributed by atoms with Gasteiger partial charge >= 0.3 is 0 Å². The molecule has 0 radical (unpaired) electrons. The lowest BCUT2D eigenvalue weighted by Gasteiger charge is -2.31. The van der Waals surface area contributed by atoms with Crippen LogP contribution in [0.2, 0.25) is 0 Å². The van der Waals surface area contributed by atoms with Crippen LogP contribution in [0.4, 0.5) is 0 Å². The molecule has 0 fully saturated rings. The third-order valence-electron chi connectivity index (χ3n) is 3.12. The van der Waals surface area contributed by atoms with Gasteiger partial charge in [-0.2, -0.15) is 0 Å². The van der Waals surface area contributed by atoms with E-state index in [1.807, 2.05) is 12.1 Å². The Labute approximate surface area is 140 Å². The highest BCUT2D eigenvalue weighted by Gasteiger charge is 2.30. The Morgan fingerprint density at radius 2 is 1.84 bits per heavy atom. The van der Waals surface area contributed by atoms with Crippen LogP contribution in [0.3, 0.4) is 0 Å². The molecule has 0 aliphatic rings. The highest BCUT2D eigenvalue weighted by molar-refractivity contribution is 9.10. The van der Waals surface area contributed by atoms with Crippen LogP contribution in [0.1, 0.15) is 18.4 Å². The first-order valence-corrected chi connectivity index (χ1v) is 11.0. The Bertz CT molecular complexity index is 510. The minimum absolute atomic E-state index is 0.0749. The molecule has 0 N–H and O–H groups in total. The Morgan fingerprint density at radius 3 is 2.32 bits per heavy atom. The van der Waals surface area contributed by atoms with Crippen molar-refractivity contribution in [2.45, 2.75) is 18.3 Å². The van der Waals surface area contributed by atoms with Crippen molar-refractivity contribution in [1.29, 1.82) is 0 Å². The van der Waals surface area contributed by atoms with Gasteiger partial charge in [-0.15, -0.1) is 0 Å². The van der Waals surface area contributed by atoms with Gasteiger partial charge in [-0.1, -0.05) is 59.9 Å². The average Bonchev–Trinajstić information content (AvgIpc) is 2.34. The number of hydrogen-bond acceptors (Lipinski definition) is 2. The van der Waals surface area contributed by atoms with E-state index in [1.54, 1.807) is 0 Å². The molecule has 6 heteroatoms. The van der Waals surface area contributed by atoms with Crippen LogP contribution in [0.15, 0.2) is 28.7 Å². The van der Waals surface area contributed by atoms with Crippen molar-refractivity contribution < 1.29 is 8.42 Å². The maximum absolute atomic E-state index is 11.3. The van der Waals surface area contributed by atoms with E-state index in [0.717, 1.165) is 21.6 Å². The number of rotatable bonds is 7. The smallest absolute Gasteiger partial charge is 0.147 e. The first-order chi connectivity index (χ1) is 8.83. The molecule has 0 heterocycles. The maximum Gasteiger partial charge on any atom is 0.147 e. The zero-order valence-corrected chi connectivity index (χ0v) is 16.3. The molecule has 1 rings (SSSR count). The molecule has 0 aromatic heterocycles. The van der Waals surface area contributed by atoms with Crippen molar-refractivity contribution >= 4 is 57.6 Å². The minimum Gasteiger partial charge on any atom is -0.229 e. The van der Waals surface area contributed by atoms with E-state index in [0.29, 0.717) is 6.42 Å². The van der Waals surface area contributed by atoms with Gasteiger partial charge in [0.2, 0.25) is 0 Å². The Morgan fingerprint density at radius 1 is 1.21 bits per heavy atom. The summed E-state index contributed by atoms with van der Waals surface area (Å²) in [4.78, 5) is 0. The third-order valence-corrected chi connectivity index (χ3v) is 6.79. The van der Waals surface area contributed by atoms with Crippen LogP contribution in [0, 0.1) is 0 Å². The van der Waals surface area contributed by atoms with Crippen LogP contribution in [0.25, 0.3) is 0 Å². The van der Waals surface area contributed by atoms with Crippen LogP contribution in [0.5, 0.6) is 0 Å². The highest BCUT2D eigenvalue weighted by atomic mass is 79.9. The summed E-state index contributed by atoms with van der Waals surface area (Å²) >= 11 is 10.6. The van der Waals surface area contributed by atoms with Crippen molar-refractivity contribution in [3.8, 4) is 0 Å². The number of hydrogen-bond donors (Lipinski definition) is 0. The summed E-state index contributed by atoms with van der Waals surface area (Å²) in [6.45, 7) is 0. The molecule has 0 aliphatic carbocycles. The lowest BCUT2D eigenvalue weighted by molar-refractivity contribution is 0.495. The van der Waals surface area contributed by atoms with E-state index in [-0.39, 0.29) is 11.2 Å². The molecule has 19 heavy (non-hydrogen) atoms. The molecule has 0 spiro atoms. The third kappa shape index (κ3) is 5.48. The molecule has 0 aliphatic heterocycles. The number of benzene rings is 1. The fourth-order valence-corrected chi connectivity index (χ4v) is 5.16. The highest BCUT2D eigenvalue weighted by Crippen LogP contribution is 2.35. The first kappa shape index (κ1) is 17.7. The van der Waals surface area contributed by atoms with Crippen molar-refractivity contribution in [3.05, 3.63) is 34.3 Å². The summed E-state index contributed by atoms with van der Waals surface area (Å²) in [6, 6.07) is 8.19. The zero-order chi connectivity index (χ0) is 14.5. The molecule has 0 bridgehead atoms. The van der Waals surface area contributed by atoms with E-state index in [4.69, 9.17) is 0 Å². The Balaban J connectivity index is 2.91. The molecule has 0 amide bonds. The van der Waals surface area contributed by atoms with Crippen molar-refractivity contribution in [2.75, 3.05) is 22.7 Å². The van der Waals surface area contributed by atoms with Crippen molar-refractivity contribution in [3.63, 3.8) is 0 Å². The van der Waals surface area contributed by atoms with Gasteiger partial charge in [0, 0.05) is 32.6 Å². The Hall–Kier alpha value is 0.610. The molecule has 2 nitrogen and oxygen atoms in total. The predicted octanol–water partition coefficient (Wildman–Crippen LogP) is 4.30. The summed E-state index contributed by atoms with van der Waals surface area (Å²) in [7, 11) is -2.89. The monoisotopic (exact) mass is 474 g/mol. The number of halogens is 3. The largest absolute Gasteiger partial charge is 0.229 e. The van der Waals surface area contributed by atoms with Crippen molar-refractivity contribution in [1.82, 2.24) is 0 Å². The SMILES string of the molecule is CS(=O)(=O)CCCC(CBr)(CBr)c1cccc(Br)c1. The fraction of sp³-hybridized carbons (Fsp3) is 0.538. The van der Waals surface area contributed by atoms with Gasteiger partial charge in [0.05, 0.1) is 0 Å². The second-order valence-electron chi connectivity index (χ2n) is 4.79. The minimum atomic E-state index is -2.89. The zero-order valence-electron chi connectivity index (χ0n) is 10.7. The summed E-state index contributed by atoms with van der Waals surface area (Å²) in [6.07, 6.45) is 2.78. The fourth-order valence-electron chi connectivity index (χ4n) is 1.96. The van der Waals surface area contributed by atoms with Gasteiger partial charge < -0.3 is 0 Å². The van der Waals surface area contributed by atoms with Crippen LogP contribution in [-0.2, 0) is 15.3 Å². The van der Waals surface area contributed by atoms with Crippen LogP contribution < -0.4 is 0 Å². The van der Waals surface area contributed by atoms with E-state index in [1.165, 1.54) is 11.8 Å². The lowest BCUT2D eigenvalue weighted by Crippen LogP contribution is -2.31. The van der Waals surface area contributed by atoms with E-state index in [2.05, 4.69) is 59.9 Å². The predicted molar refractivity (Wildman–Crippen MR) is 92.4 cm³/mol. The summed E-state index contributed by atoms with van der Waals surface area (Å²) in [5.74, 6) is 0.239. The standard InChI is InChI=1S/C13H17Br3O2S/c1-19(17,18)7-3-6-13(9-14,10-15)11-4-2-5-12(16)8-11/h2,4-5,8H,3,6-7,9-10H2,1H3. The van der Waals surface area contributed by atoms with Gasteiger partial charge in [0.25, 0.3) is 0 Å². The molecule has 1 aromatic rings. The van der Waals surface area contributed by atoms with Gasteiger partial charge in [-0.05, 0) is 30.5 Å². The normalized spacial score (nSPS) is 12.6.